The number of carbonyl (C=O) groups is 2. The zero-order valence-electron chi connectivity index (χ0n) is 10.8. The molecule has 0 bridgehead atoms. The quantitative estimate of drug-likeness (QED) is 0.827. The second-order valence-electron chi connectivity index (χ2n) is 4.38. The molecule has 0 aliphatic rings. The summed E-state index contributed by atoms with van der Waals surface area (Å²) < 4.78 is 0. The van der Waals surface area contributed by atoms with Gasteiger partial charge in [0, 0.05) is 37.2 Å². The highest BCUT2D eigenvalue weighted by molar-refractivity contribution is 7.09. The second-order valence-corrected chi connectivity index (χ2v) is 5.42. The van der Waals surface area contributed by atoms with Crippen molar-refractivity contribution in [1.29, 1.82) is 0 Å². The van der Waals surface area contributed by atoms with Gasteiger partial charge in [-0.2, -0.15) is 0 Å². The van der Waals surface area contributed by atoms with Crippen molar-refractivity contribution in [2.75, 3.05) is 7.05 Å². The predicted octanol–water partition coefficient (Wildman–Crippen LogP) is 2.39. The molecule has 18 heavy (non-hydrogen) atoms. The van der Waals surface area contributed by atoms with Crippen molar-refractivity contribution >= 4 is 23.2 Å². The lowest BCUT2D eigenvalue weighted by molar-refractivity contribution is -0.137. The summed E-state index contributed by atoms with van der Waals surface area (Å²) in [6.07, 6.45) is 1.61. The van der Waals surface area contributed by atoms with Gasteiger partial charge in [-0.05, 0) is 24.8 Å². The number of aliphatic carboxylic acids is 1. The number of thiophene rings is 1. The first-order valence-corrected chi connectivity index (χ1v) is 6.88. The molecule has 1 amide bonds. The van der Waals surface area contributed by atoms with E-state index in [4.69, 9.17) is 5.11 Å². The van der Waals surface area contributed by atoms with Crippen LogP contribution in [0.2, 0.25) is 0 Å². The Balaban J connectivity index is 2.35. The Morgan fingerprint density at radius 2 is 2.17 bits per heavy atom. The van der Waals surface area contributed by atoms with Gasteiger partial charge in [0.25, 0.3) is 0 Å². The summed E-state index contributed by atoms with van der Waals surface area (Å²) >= 11 is 1.69. The molecule has 0 saturated heterocycles. The Labute approximate surface area is 111 Å². The standard InChI is InChI=1S/C13H19NO3S/c1-10(9-11-5-4-8-18-11)14(2)12(15)6-3-7-13(16)17/h4-5,8,10H,3,6-7,9H2,1-2H3,(H,16,17). The van der Waals surface area contributed by atoms with Crippen LogP contribution in [0.1, 0.15) is 31.1 Å². The lowest BCUT2D eigenvalue weighted by Crippen LogP contribution is -2.36. The molecule has 1 rings (SSSR count). The lowest BCUT2D eigenvalue weighted by atomic mass is 10.1. The third-order valence-electron chi connectivity index (χ3n) is 2.91. The fourth-order valence-electron chi connectivity index (χ4n) is 1.67. The minimum Gasteiger partial charge on any atom is -0.481 e. The molecule has 1 aromatic rings. The Kier molecular flexibility index (Phi) is 5.85. The number of likely N-dealkylation sites (N-methyl/N-ethyl adjacent to an activating group) is 1. The first-order chi connectivity index (χ1) is 8.50. The minimum absolute atomic E-state index is 0.0142. The number of hydrogen-bond acceptors (Lipinski definition) is 3. The molecule has 100 valence electrons. The third kappa shape index (κ3) is 4.87. The van der Waals surface area contributed by atoms with E-state index in [1.54, 1.807) is 23.3 Å². The van der Waals surface area contributed by atoms with Crippen molar-refractivity contribution in [2.24, 2.45) is 0 Å². The van der Waals surface area contributed by atoms with E-state index in [0.29, 0.717) is 12.8 Å². The molecule has 1 N–H and O–H groups in total. The third-order valence-corrected chi connectivity index (χ3v) is 3.81. The van der Waals surface area contributed by atoms with Gasteiger partial charge in [0.15, 0.2) is 0 Å². The first-order valence-electron chi connectivity index (χ1n) is 6.00. The number of hydrogen-bond donors (Lipinski definition) is 1. The Hall–Kier alpha value is -1.36. The van der Waals surface area contributed by atoms with Gasteiger partial charge in [0.2, 0.25) is 5.91 Å². The largest absolute Gasteiger partial charge is 0.481 e. The number of carboxylic acids is 1. The minimum atomic E-state index is -0.850. The van der Waals surface area contributed by atoms with Crippen molar-refractivity contribution in [1.82, 2.24) is 4.90 Å². The Morgan fingerprint density at radius 3 is 2.72 bits per heavy atom. The molecule has 1 heterocycles. The van der Waals surface area contributed by atoms with Crippen LogP contribution < -0.4 is 0 Å². The second kappa shape index (κ2) is 7.16. The molecule has 1 aromatic heterocycles. The van der Waals surface area contributed by atoms with Crippen LogP contribution in [-0.2, 0) is 16.0 Å². The smallest absolute Gasteiger partial charge is 0.303 e. The fourth-order valence-corrected chi connectivity index (χ4v) is 2.50. The van der Waals surface area contributed by atoms with E-state index in [1.807, 2.05) is 18.4 Å². The molecule has 0 fully saturated rings. The summed E-state index contributed by atoms with van der Waals surface area (Å²) in [5.41, 5.74) is 0. The maximum Gasteiger partial charge on any atom is 0.303 e. The molecule has 4 nitrogen and oxygen atoms in total. The van der Waals surface area contributed by atoms with Crippen LogP contribution in [0.4, 0.5) is 0 Å². The summed E-state index contributed by atoms with van der Waals surface area (Å²) in [4.78, 5) is 25.2. The summed E-state index contributed by atoms with van der Waals surface area (Å²) in [6.45, 7) is 2.01. The van der Waals surface area contributed by atoms with E-state index in [2.05, 4.69) is 6.07 Å². The molecule has 5 heteroatoms. The van der Waals surface area contributed by atoms with E-state index >= 15 is 0 Å². The number of rotatable bonds is 7. The molecule has 1 atom stereocenters. The van der Waals surface area contributed by atoms with Gasteiger partial charge in [-0.25, -0.2) is 0 Å². The van der Waals surface area contributed by atoms with Crippen molar-refractivity contribution in [3.63, 3.8) is 0 Å². The average Bonchev–Trinajstić information content (AvgIpc) is 2.80. The summed E-state index contributed by atoms with van der Waals surface area (Å²) in [7, 11) is 1.78. The molecule has 1 unspecified atom stereocenters. The molecular formula is C13H19NO3S. The van der Waals surface area contributed by atoms with Gasteiger partial charge in [-0.1, -0.05) is 6.07 Å². The zero-order chi connectivity index (χ0) is 13.5. The van der Waals surface area contributed by atoms with Crippen LogP contribution >= 0.6 is 11.3 Å². The predicted molar refractivity (Wildman–Crippen MR) is 71.7 cm³/mol. The van der Waals surface area contributed by atoms with Crippen molar-refractivity contribution in [2.45, 2.75) is 38.6 Å². The first kappa shape index (κ1) is 14.7. The molecular weight excluding hydrogens is 250 g/mol. The van der Waals surface area contributed by atoms with Crippen LogP contribution in [-0.4, -0.2) is 35.0 Å². The topological polar surface area (TPSA) is 57.6 Å². The highest BCUT2D eigenvalue weighted by Crippen LogP contribution is 2.14. The van der Waals surface area contributed by atoms with Gasteiger partial charge in [-0.15, -0.1) is 11.3 Å². The van der Waals surface area contributed by atoms with Gasteiger partial charge >= 0.3 is 5.97 Å². The van der Waals surface area contributed by atoms with Crippen molar-refractivity contribution < 1.29 is 14.7 Å². The van der Waals surface area contributed by atoms with Crippen LogP contribution in [0.25, 0.3) is 0 Å². The van der Waals surface area contributed by atoms with Crippen LogP contribution in [0.3, 0.4) is 0 Å². The maximum atomic E-state index is 11.8. The highest BCUT2D eigenvalue weighted by Gasteiger charge is 2.16. The number of carbonyl (C=O) groups excluding carboxylic acids is 1. The molecule has 0 saturated carbocycles. The van der Waals surface area contributed by atoms with Gasteiger partial charge in [0.05, 0.1) is 0 Å². The molecule has 0 spiro atoms. The van der Waals surface area contributed by atoms with Crippen LogP contribution in [0.15, 0.2) is 17.5 Å². The number of carboxylic acid groups (broad SMARTS) is 1. The van der Waals surface area contributed by atoms with Crippen molar-refractivity contribution in [3.8, 4) is 0 Å². The van der Waals surface area contributed by atoms with E-state index in [9.17, 15) is 9.59 Å². The van der Waals surface area contributed by atoms with Crippen molar-refractivity contribution in [3.05, 3.63) is 22.4 Å². The zero-order valence-corrected chi connectivity index (χ0v) is 11.6. The van der Waals surface area contributed by atoms with Gasteiger partial charge in [0.1, 0.15) is 0 Å². The average molecular weight is 269 g/mol. The van der Waals surface area contributed by atoms with Crippen LogP contribution in [0.5, 0.6) is 0 Å². The van der Waals surface area contributed by atoms with Gasteiger partial charge < -0.3 is 10.0 Å². The lowest BCUT2D eigenvalue weighted by Gasteiger charge is -2.24. The fraction of sp³-hybridized carbons (Fsp3) is 0.538. The Morgan fingerprint density at radius 1 is 1.44 bits per heavy atom. The van der Waals surface area contributed by atoms with Crippen LogP contribution in [0, 0.1) is 0 Å². The molecule has 0 aliphatic carbocycles. The summed E-state index contributed by atoms with van der Waals surface area (Å²) in [5, 5.41) is 10.5. The molecule has 0 aromatic carbocycles. The van der Waals surface area contributed by atoms with Gasteiger partial charge in [-0.3, -0.25) is 9.59 Å². The summed E-state index contributed by atoms with van der Waals surface area (Å²) in [5.74, 6) is -0.836. The summed E-state index contributed by atoms with van der Waals surface area (Å²) in [6, 6.07) is 4.20. The van der Waals surface area contributed by atoms with E-state index in [0.717, 1.165) is 6.42 Å². The molecule has 0 radical (unpaired) electrons. The SMILES string of the molecule is CC(Cc1cccs1)N(C)C(=O)CCCC(=O)O. The monoisotopic (exact) mass is 269 g/mol. The van der Waals surface area contributed by atoms with E-state index in [1.165, 1.54) is 4.88 Å². The number of amides is 1. The Bertz CT molecular complexity index is 389. The normalized spacial score (nSPS) is 12.1. The number of nitrogens with zero attached hydrogens (tertiary/aromatic N) is 1. The maximum absolute atomic E-state index is 11.8. The highest BCUT2D eigenvalue weighted by atomic mass is 32.1. The van der Waals surface area contributed by atoms with E-state index < -0.39 is 5.97 Å². The van der Waals surface area contributed by atoms with E-state index in [-0.39, 0.29) is 18.4 Å². The molecule has 0 aliphatic heterocycles.